The molecule has 1 radical (unpaired) electrons. The van der Waals surface area contributed by atoms with Gasteiger partial charge in [0.25, 0.3) is 0 Å². The van der Waals surface area contributed by atoms with Gasteiger partial charge in [0.1, 0.15) is 0 Å². The summed E-state index contributed by atoms with van der Waals surface area (Å²) in [5.41, 5.74) is 0. The van der Waals surface area contributed by atoms with Crippen LogP contribution in [0, 0.1) is 12.3 Å². The molecule has 0 saturated heterocycles. The van der Waals surface area contributed by atoms with E-state index in [1.165, 1.54) is 6.42 Å². The highest BCUT2D eigenvalue weighted by molar-refractivity contribution is 4.62. The van der Waals surface area contributed by atoms with Gasteiger partial charge in [0.2, 0.25) is 0 Å². The molecule has 0 aromatic rings. The molecule has 0 unspecified atom stereocenters. The SMILES string of the molecule is CC(C)CC[CH]CO. The number of hydrogen-bond acceptors (Lipinski definition) is 1. The van der Waals surface area contributed by atoms with E-state index >= 15 is 0 Å². The Hall–Kier alpha value is -0.0400. The van der Waals surface area contributed by atoms with Gasteiger partial charge in [-0.05, 0) is 18.8 Å². The van der Waals surface area contributed by atoms with E-state index in [1.807, 2.05) is 6.42 Å². The van der Waals surface area contributed by atoms with Crippen molar-refractivity contribution in [1.82, 2.24) is 0 Å². The molecule has 0 spiro atoms. The van der Waals surface area contributed by atoms with Crippen molar-refractivity contribution in [1.29, 1.82) is 0 Å². The molecule has 0 aromatic heterocycles. The van der Waals surface area contributed by atoms with Crippen molar-refractivity contribution in [2.45, 2.75) is 26.7 Å². The lowest BCUT2D eigenvalue weighted by Gasteiger charge is -2.00. The number of rotatable bonds is 4. The fraction of sp³-hybridized carbons (Fsp3) is 0.857. The second-order valence-corrected chi connectivity index (χ2v) is 2.44. The quantitative estimate of drug-likeness (QED) is 0.552. The topological polar surface area (TPSA) is 20.2 Å². The predicted molar refractivity (Wildman–Crippen MR) is 35.5 cm³/mol. The first-order valence-electron chi connectivity index (χ1n) is 3.20. The third-order valence-corrected chi connectivity index (χ3v) is 1.08. The summed E-state index contributed by atoms with van der Waals surface area (Å²) in [6.45, 7) is 4.60. The predicted octanol–water partition coefficient (Wildman–Crippen LogP) is 1.62. The van der Waals surface area contributed by atoms with Gasteiger partial charge in [0, 0.05) is 6.61 Å². The van der Waals surface area contributed by atoms with Gasteiger partial charge < -0.3 is 5.11 Å². The molecule has 8 heavy (non-hydrogen) atoms. The highest BCUT2D eigenvalue weighted by Gasteiger charge is 1.91. The van der Waals surface area contributed by atoms with Gasteiger partial charge in [-0.1, -0.05) is 20.3 Å². The molecule has 49 valence electrons. The van der Waals surface area contributed by atoms with Crippen LogP contribution < -0.4 is 0 Å². The Kier molecular flexibility index (Phi) is 5.08. The van der Waals surface area contributed by atoms with Crippen LogP contribution in [0.3, 0.4) is 0 Å². The Balaban J connectivity index is 2.72. The van der Waals surface area contributed by atoms with Crippen molar-refractivity contribution >= 4 is 0 Å². The zero-order valence-electron chi connectivity index (χ0n) is 5.72. The van der Waals surface area contributed by atoms with E-state index < -0.39 is 0 Å². The summed E-state index contributed by atoms with van der Waals surface area (Å²) in [7, 11) is 0. The number of aliphatic hydroxyl groups is 1. The van der Waals surface area contributed by atoms with Crippen LogP contribution in [-0.2, 0) is 0 Å². The van der Waals surface area contributed by atoms with E-state index in [-0.39, 0.29) is 6.61 Å². The summed E-state index contributed by atoms with van der Waals surface area (Å²) in [5, 5.41) is 8.32. The fourth-order valence-electron chi connectivity index (χ4n) is 0.542. The van der Waals surface area contributed by atoms with E-state index in [4.69, 9.17) is 5.11 Å². The average molecular weight is 115 g/mol. The van der Waals surface area contributed by atoms with Gasteiger partial charge in [-0.2, -0.15) is 0 Å². The molecule has 0 aliphatic rings. The molecule has 1 N–H and O–H groups in total. The smallest absolute Gasteiger partial charge is 0.0462 e. The molecular formula is C7H15O. The van der Waals surface area contributed by atoms with Gasteiger partial charge >= 0.3 is 0 Å². The maximum absolute atomic E-state index is 8.32. The van der Waals surface area contributed by atoms with Crippen LogP contribution in [0.2, 0.25) is 0 Å². The van der Waals surface area contributed by atoms with Gasteiger partial charge in [-0.3, -0.25) is 0 Å². The first-order valence-corrected chi connectivity index (χ1v) is 3.20. The zero-order valence-corrected chi connectivity index (χ0v) is 5.72. The standard InChI is InChI=1S/C7H15O/c1-7(2)5-3-4-6-8/h4,7-8H,3,5-6H2,1-2H3. The molecule has 0 aliphatic carbocycles. The summed E-state index contributed by atoms with van der Waals surface area (Å²) in [6.07, 6.45) is 4.15. The normalized spacial score (nSPS) is 10.5. The van der Waals surface area contributed by atoms with Crippen molar-refractivity contribution < 1.29 is 5.11 Å². The van der Waals surface area contributed by atoms with Crippen LogP contribution >= 0.6 is 0 Å². The second-order valence-electron chi connectivity index (χ2n) is 2.44. The summed E-state index contributed by atoms with van der Waals surface area (Å²) in [5.74, 6) is 0.762. The van der Waals surface area contributed by atoms with Crippen LogP contribution in [0.25, 0.3) is 0 Å². The number of unbranched alkanes of at least 4 members (excludes halogenated alkanes) is 1. The number of hydrogen-bond donors (Lipinski definition) is 1. The highest BCUT2D eigenvalue weighted by atomic mass is 16.2. The summed E-state index contributed by atoms with van der Waals surface area (Å²) in [4.78, 5) is 0. The lowest BCUT2D eigenvalue weighted by atomic mass is 10.1. The van der Waals surface area contributed by atoms with Gasteiger partial charge in [0.05, 0.1) is 0 Å². The Morgan fingerprint density at radius 1 is 1.50 bits per heavy atom. The van der Waals surface area contributed by atoms with Crippen molar-refractivity contribution in [2.75, 3.05) is 6.61 Å². The van der Waals surface area contributed by atoms with E-state index in [0.29, 0.717) is 0 Å². The molecular weight excluding hydrogens is 100 g/mol. The molecule has 0 fully saturated rings. The molecule has 0 rings (SSSR count). The zero-order chi connectivity index (χ0) is 6.41. The maximum atomic E-state index is 8.32. The molecule has 0 aromatic carbocycles. The minimum Gasteiger partial charge on any atom is -0.396 e. The lowest BCUT2D eigenvalue weighted by Crippen LogP contribution is -1.89. The minimum absolute atomic E-state index is 0.229. The monoisotopic (exact) mass is 115 g/mol. The van der Waals surface area contributed by atoms with Crippen LogP contribution in [0.15, 0.2) is 0 Å². The van der Waals surface area contributed by atoms with Gasteiger partial charge in [-0.15, -0.1) is 0 Å². The van der Waals surface area contributed by atoms with Gasteiger partial charge in [0.15, 0.2) is 0 Å². The molecule has 0 saturated carbocycles. The Labute approximate surface area is 51.7 Å². The van der Waals surface area contributed by atoms with E-state index in [9.17, 15) is 0 Å². The van der Waals surface area contributed by atoms with Gasteiger partial charge in [-0.25, -0.2) is 0 Å². The van der Waals surface area contributed by atoms with Crippen molar-refractivity contribution in [3.05, 3.63) is 6.42 Å². The summed E-state index contributed by atoms with van der Waals surface area (Å²) >= 11 is 0. The Bertz CT molecular complexity index is 41.7. The van der Waals surface area contributed by atoms with Crippen molar-refractivity contribution in [3.8, 4) is 0 Å². The molecule has 1 heteroatoms. The molecule has 1 nitrogen and oxygen atoms in total. The molecule has 0 amide bonds. The summed E-state index contributed by atoms with van der Waals surface area (Å²) < 4.78 is 0. The third kappa shape index (κ3) is 5.96. The van der Waals surface area contributed by atoms with Crippen molar-refractivity contribution in [2.24, 2.45) is 5.92 Å². The van der Waals surface area contributed by atoms with Crippen LogP contribution in [-0.4, -0.2) is 11.7 Å². The van der Waals surface area contributed by atoms with E-state index in [1.54, 1.807) is 0 Å². The van der Waals surface area contributed by atoms with E-state index in [2.05, 4.69) is 13.8 Å². The largest absolute Gasteiger partial charge is 0.396 e. The average Bonchev–Trinajstić information content (AvgIpc) is 1.66. The van der Waals surface area contributed by atoms with Crippen LogP contribution in [0.5, 0.6) is 0 Å². The molecule has 0 bridgehead atoms. The fourth-order valence-corrected chi connectivity index (χ4v) is 0.542. The molecule has 0 aliphatic heterocycles. The van der Waals surface area contributed by atoms with Crippen LogP contribution in [0.4, 0.5) is 0 Å². The lowest BCUT2D eigenvalue weighted by molar-refractivity contribution is 0.320. The second kappa shape index (κ2) is 5.10. The maximum Gasteiger partial charge on any atom is 0.0462 e. The first-order chi connectivity index (χ1) is 3.77. The first kappa shape index (κ1) is 7.96. The number of aliphatic hydroxyl groups excluding tert-OH is 1. The van der Waals surface area contributed by atoms with E-state index in [0.717, 1.165) is 12.3 Å². The Morgan fingerprint density at radius 3 is 2.50 bits per heavy atom. The highest BCUT2D eigenvalue weighted by Crippen LogP contribution is 2.03. The van der Waals surface area contributed by atoms with Crippen LogP contribution in [0.1, 0.15) is 26.7 Å². The Morgan fingerprint density at radius 2 is 2.12 bits per heavy atom. The van der Waals surface area contributed by atoms with Crippen molar-refractivity contribution in [3.63, 3.8) is 0 Å². The molecule has 0 atom stereocenters. The molecule has 0 heterocycles. The minimum atomic E-state index is 0.229. The third-order valence-electron chi connectivity index (χ3n) is 1.08. The summed E-state index contributed by atoms with van der Waals surface area (Å²) in [6, 6.07) is 0.